The lowest BCUT2D eigenvalue weighted by atomic mass is 10.2. The molecular weight excluding hydrogens is 208 g/mol. The van der Waals surface area contributed by atoms with Gasteiger partial charge in [-0.25, -0.2) is 0 Å². The third-order valence-electron chi connectivity index (χ3n) is 3.46. The maximum absolute atomic E-state index is 12.0. The molecule has 1 amide bonds. The van der Waals surface area contributed by atoms with Gasteiger partial charge in [-0.2, -0.15) is 0 Å². The highest BCUT2D eigenvalue weighted by Crippen LogP contribution is 2.40. The van der Waals surface area contributed by atoms with E-state index in [-0.39, 0.29) is 11.8 Å². The molecule has 0 aromatic rings. The van der Waals surface area contributed by atoms with Crippen LogP contribution in [0.15, 0.2) is 0 Å². The van der Waals surface area contributed by atoms with Crippen molar-refractivity contribution >= 4 is 11.9 Å². The van der Waals surface area contributed by atoms with Gasteiger partial charge in [0.1, 0.15) is 0 Å². The number of carboxylic acids is 1. The Bertz CT molecular complexity index is 306. The van der Waals surface area contributed by atoms with Crippen LogP contribution in [-0.2, 0) is 9.59 Å². The number of rotatable bonds is 2. The first-order valence-corrected chi connectivity index (χ1v) is 5.79. The summed E-state index contributed by atoms with van der Waals surface area (Å²) in [5.74, 6) is -1.46. The van der Waals surface area contributed by atoms with Gasteiger partial charge in [0.15, 0.2) is 0 Å². The van der Waals surface area contributed by atoms with Gasteiger partial charge in [0.25, 0.3) is 0 Å². The van der Waals surface area contributed by atoms with E-state index < -0.39 is 11.9 Å². The predicted molar refractivity (Wildman–Crippen MR) is 57.9 cm³/mol. The minimum absolute atomic E-state index is 0.0442. The number of carbonyl (C=O) groups excluding carboxylic acids is 1. The van der Waals surface area contributed by atoms with Crippen LogP contribution in [0.4, 0.5) is 0 Å². The summed E-state index contributed by atoms with van der Waals surface area (Å²) in [7, 11) is 2.05. The van der Waals surface area contributed by atoms with Crippen molar-refractivity contribution < 1.29 is 14.7 Å². The van der Waals surface area contributed by atoms with Crippen LogP contribution in [0.1, 0.15) is 12.8 Å². The van der Waals surface area contributed by atoms with Crippen LogP contribution in [0.2, 0.25) is 0 Å². The first-order chi connectivity index (χ1) is 7.59. The summed E-state index contributed by atoms with van der Waals surface area (Å²) in [6.07, 6.45) is 1.51. The van der Waals surface area contributed by atoms with Crippen molar-refractivity contribution in [2.45, 2.75) is 12.8 Å². The zero-order valence-electron chi connectivity index (χ0n) is 9.56. The number of carbonyl (C=O) groups is 2. The van der Waals surface area contributed by atoms with Gasteiger partial charge in [-0.05, 0) is 26.4 Å². The molecule has 2 rings (SSSR count). The van der Waals surface area contributed by atoms with Crippen molar-refractivity contribution in [3.63, 3.8) is 0 Å². The summed E-state index contributed by atoms with van der Waals surface area (Å²) >= 11 is 0. The summed E-state index contributed by atoms with van der Waals surface area (Å²) in [6.45, 7) is 3.40. The second-order valence-electron chi connectivity index (χ2n) is 4.77. The summed E-state index contributed by atoms with van der Waals surface area (Å²) in [5, 5.41) is 8.79. The number of amides is 1. The van der Waals surface area contributed by atoms with E-state index in [9.17, 15) is 9.59 Å². The molecule has 1 aliphatic heterocycles. The number of hydrogen-bond acceptors (Lipinski definition) is 3. The van der Waals surface area contributed by atoms with Gasteiger partial charge in [0.2, 0.25) is 5.91 Å². The Morgan fingerprint density at radius 1 is 1.12 bits per heavy atom. The Kier molecular flexibility index (Phi) is 3.14. The fraction of sp³-hybridized carbons (Fsp3) is 0.818. The smallest absolute Gasteiger partial charge is 0.307 e. The van der Waals surface area contributed by atoms with E-state index in [4.69, 9.17) is 5.11 Å². The molecule has 0 aromatic heterocycles. The van der Waals surface area contributed by atoms with Crippen LogP contribution >= 0.6 is 0 Å². The van der Waals surface area contributed by atoms with Crippen molar-refractivity contribution in [2.75, 3.05) is 33.2 Å². The van der Waals surface area contributed by atoms with Crippen molar-refractivity contribution in [3.05, 3.63) is 0 Å². The van der Waals surface area contributed by atoms with Gasteiger partial charge in [-0.15, -0.1) is 0 Å². The van der Waals surface area contributed by atoms with Crippen LogP contribution in [-0.4, -0.2) is 60.0 Å². The molecule has 1 saturated carbocycles. The Labute approximate surface area is 95.0 Å². The molecule has 2 aliphatic rings. The molecule has 0 radical (unpaired) electrons. The van der Waals surface area contributed by atoms with Crippen molar-refractivity contribution in [1.82, 2.24) is 9.80 Å². The molecule has 5 nitrogen and oxygen atoms in total. The minimum atomic E-state index is -0.828. The molecule has 2 unspecified atom stereocenters. The SMILES string of the molecule is CN1CCCN(C(=O)C2CC2C(=O)O)CC1. The van der Waals surface area contributed by atoms with Crippen LogP contribution in [0.25, 0.3) is 0 Å². The van der Waals surface area contributed by atoms with E-state index in [0.29, 0.717) is 6.42 Å². The average Bonchev–Trinajstić information content (AvgIpc) is 3.00. The molecule has 0 spiro atoms. The molecular formula is C11H18N2O3. The van der Waals surface area contributed by atoms with Gasteiger partial charge >= 0.3 is 5.97 Å². The number of likely N-dealkylation sites (N-methyl/N-ethyl adjacent to an activating group) is 1. The molecule has 1 N–H and O–H groups in total. The molecule has 2 fully saturated rings. The van der Waals surface area contributed by atoms with Gasteiger partial charge in [0, 0.05) is 19.6 Å². The van der Waals surface area contributed by atoms with Gasteiger partial charge < -0.3 is 14.9 Å². The summed E-state index contributed by atoms with van der Waals surface area (Å²) in [6, 6.07) is 0. The Morgan fingerprint density at radius 3 is 2.50 bits per heavy atom. The highest BCUT2D eigenvalue weighted by Gasteiger charge is 2.49. The molecule has 16 heavy (non-hydrogen) atoms. The first-order valence-electron chi connectivity index (χ1n) is 5.79. The van der Waals surface area contributed by atoms with Crippen LogP contribution in [0, 0.1) is 11.8 Å². The Hall–Kier alpha value is -1.10. The molecule has 1 heterocycles. The first kappa shape index (κ1) is 11.4. The molecule has 1 saturated heterocycles. The fourth-order valence-electron chi connectivity index (χ4n) is 2.24. The topological polar surface area (TPSA) is 60.9 Å². The number of hydrogen-bond donors (Lipinski definition) is 1. The van der Waals surface area contributed by atoms with Crippen molar-refractivity contribution in [1.29, 1.82) is 0 Å². The van der Waals surface area contributed by atoms with Gasteiger partial charge in [-0.3, -0.25) is 9.59 Å². The van der Waals surface area contributed by atoms with Gasteiger partial charge in [-0.1, -0.05) is 0 Å². The third kappa shape index (κ3) is 2.35. The number of aliphatic carboxylic acids is 1. The average molecular weight is 226 g/mol. The van der Waals surface area contributed by atoms with E-state index in [1.165, 1.54) is 0 Å². The Balaban J connectivity index is 1.88. The maximum Gasteiger partial charge on any atom is 0.307 e. The molecule has 2 atom stereocenters. The standard InChI is InChI=1S/C11H18N2O3/c1-12-3-2-4-13(6-5-12)10(14)8-7-9(8)11(15)16/h8-9H,2-7H2,1H3,(H,15,16). The van der Waals surface area contributed by atoms with Gasteiger partial charge in [0.05, 0.1) is 11.8 Å². The molecule has 0 aromatic carbocycles. The number of carboxylic acid groups (broad SMARTS) is 1. The second-order valence-corrected chi connectivity index (χ2v) is 4.77. The Morgan fingerprint density at radius 2 is 1.88 bits per heavy atom. The lowest BCUT2D eigenvalue weighted by Crippen LogP contribution is -2.36. The summed E-state index contributed by atoms with van der Waals surface area (Å²) in [5.41, 5.74) is 0. The molecule has 1 aliphatic carbocycles. The van der Waals surface area contributed by atoms with E-state index in [1.54, 1.807) is 0 Å². The van der Waals surface area contributed by atoms with E-state index in [2.05, 4.69) is 4.90 Å². The highest BCUT2D eigenvalue weighted by molar-refractivity contribution is 5.89. The van der Waals surface area contributed by atoms with E-state index in [1.807, 2.05) is 11.9 Å². The van der Waals surface area contributed by atoms with Crippen LogP contribution in [0.5, 0.6) is 0 Å². The quantitative estimate of drug-likeness (QED) is 0.712. The van der Waals surface area contributed by atoms with Crippen molar-refractivity contribution in [3.8, 4) is 0 Å². The summed E-state index contributed by atoms with van der Waals surface area (Å²) in [4.78, 5) is 26.7. The summed E-state index contributed by atoms with van der Waals surface area (Å²) < 4.78 is 0. The lowest BCUT2D eigenvalue weighted by Gasteiger charge is -2.20. The zero-order chi connectivity index (χ0) is 11.7. The molecule has 0 bridgehead atoms. The lowest BCUT2D eigenvalue weighted by molar-refractivity contribution is -0.141. The minimum Gasteiger partial charge on any atom is -0.481 e. The van der Waals surface area contributed by atoms with Crippen molar-refractivity contribution in [2.24, 2.45) is 11.8 Å². The van der Waals surface area contributed by atoms with Crippen LogP contribution < -0.4 is 0 Å². The zero-order valence-corrected chi connectivity index (χ0v) is 9.56. The molecule has 90 valence electrons. The number of nitrogens with zero attached hydrogens (tertiary/aromatic N) is 2. The van der Waals surface area contributed by atoms with E-state index in [0.717, 1.165) is 32.6 Å². The molecule has 5 heteroatoms. The van der Waals surface area contributed by atoms with E-state index >= 15 is 0 Å². The predicted octanol–water partition coefficient (Wildman–Crippen LogP) is -0.129. The maximum atomic E-state index is 12.0. The fourth-order valence-corrected chi connectivity index (χ4v) is 2.24. The monoisotopic (exact) mass is 226 g/mol. The second kappa shape index (κ2) is 4.41. The third-order valence-corrected chi connectivity index (χ3v) is 3.46. The largest absolute Gasteiger partial charge is 0.481 e. The highest BCUT2D eigenvalue weighted by atomic mass is 16.4. The normalized spacial score (nSPS) is 30.9. The van der Waals surface area contributed by atoms with Crippen LogP contribution in [0.3, 0.4) is 0 Å².